The fourth-order valence-electron chi connectivity index (χ4n) is 3.25. The molecular weight excluding hydrogens is 254 g/mol. The molecule has 0 spiro atoms. The van der Waals surface area contributed by atoms with Crippen molar-refractivity contribution in [2.45, 2.75) is 76.7 Å². The van der Waals surface area contributed by atoms with Crippen LogP contribution >= 0.6 is 0 Å². The lowest BCUT2D eigenvalue weighted by Crippen LogP contribution is -2.51. The van der Waals surface area contributed by atoms with Crippen molar-refractivity contribution in [3.63, 3.8) is 0 Å². The fraction of sp³-hybridized carbons (Fsp3) is 1.00. The van der Waals surface area contributed by atoms with Gasteiger partial charge in [0.2, 0.25) is 0 Å². The van der Waals surface area contributed by atoms with E-state index in [1.54, 1.807) is 0 Å². The van der Waals surface area contributed by atoms with Gasteiger partial charge in [0.1, 0.15) is 0 Å². The van der Waals surface area contributed by atoms with Gasteiger partial charge in [0.15, 0.2) is 0 Å². The molecule has 0 aromatic heterocycles. The lowest BCUT2D eigenvalue weighted by Gasteiger charge is -2.31. The van der Waals surface area contributed by atoms with E-state index in [1.165, 1.54) is 12.8 Å². The first-order valence-corrected chi connectivity index (χ1v) is 8.16. The lowest BCUT2D eigenvalue weighted by molar-refractivity contribution is -0.0332. The number of rotatable bonds is 6. The van der Waals surface area contributed by atoms with Gasteiger partial charge in [-0.05, 0) is 39.0 Å². The molecule has 1 heterocycles. The third-order valence-corrected chi connectivity index (χ3v) is 5.04. The summed E-state index contributed by atoms with van der Waals surface area (Å²) in [5.74, 6) is 0.763. The number of nitrogens with one attached hydrogen (secondary N) is 1. The minimum atomic E-state index is -0.433. The third-order valence-electron chi connectivity index (χ3n) is 5.04. The Morgan fingerprint density at radius 1 is 1.40 bits per heavy atom. The Hall–Kier alpha value is -0.160. The molecule has 0 radical (unpaired) electrons. The number of aliphatic hydroxyl groups excluding tert-OH is 1. The average Bonchev–Trinajstić information content (AvgIpc) is 2.75. The van der Waals surface area contributed by atoms with E-state index in [4.69, 9.17) is 9.47 Å². The molecule has 2 rings (SSSR count). The summed E-state index contributed by atoms with van der Waals surface area (Å²) in [7, 11) is 0. The Kier molecular flexibility index (Phi) is 5.84. The monoisotopic (exact) mass is 285 g/mol. The highest BCUT2D eigenvalue weighted by atomic mass is 16.5. The average molecular weight is 285 g/mol. The maximum atomic E-state index is 10.1. The van der Waals surface area contributed by atoms with Crippen molar-refractivity contribution in [3.05, 3.63) is 0 Å². The van der Waals surface area contributed by atoms with E-state index in [1.807, 2.05) is 0 Å². The molecule has 2 fully saturated rings. The van der Waals surface area contributed by atoms with Crippen LogP contribution in [0.2, 0.25) is 0 Å². The largest absolute Gasteiger partial charge is 0.389 e. The van der Waals surface area contributed by atoms with Gasteiger partial charge in [0.25, 0.3) is 0 Å². The Morgan fingerprint density at radius 2 is 2.20 bits per heavy atom. The second-order valence-corrected chi connectivity index (χ2v) is 6.94. The van der Waals surface area contributed by atoms with Crippen LogP contribution in [0.25, 0.3) is 0 Å². The number of hydrogen-bond acceptors (Lipinski definition) is 4. The maximum Gasteiger partial charge on any atom is 0.0898 e. The summed E-state index contributed by atoms with van der Waals surface area (Å²) in [6.07, 6.45) is 5.98. The maximum absolute atomic E-state index is 10.1. The van der Waals surface area contributed by atoms with Crippen molar-refractivity contribution in [3.8, 4) is 0 Å². The molecule has 0 bridgehead atoms. The quantitative estimate of drug-likeness (QED) is 0.785. The smallest absolute Gasteiger partial charge is 0.0898 e. The first kappa shape index (κ1) is 16.2. The third kappa shape index (κ3) is 4.42. The molecule has 5 unspecified atom stereocenters. The normalized spacial score (nSPS) is 39.9. The molecular formula is C16H31NO3. The SMILES string of the molecule is CC1CCCC(OCC(O)CNC2(C)CCOC2C)C1. The van der Waals surface area contributed by atoms with Crippen LogP contribution in [0.4, 0.5) is 0 Å². The van der Waals surface area contributed by atoms with Gasteiger partial charge >= 0.3 is 0 Å². The van der Waals surface area contributed by atoms with Crippen LogP contribution in [0.5, 0.6) is 0 Å². The van der Waals surface area contributed by atoms with Gasteiger partial charge in [0, 0.05) is 18.7 Å². The van der Waals surface area contributed by atoms with Crippen molar-refractivity contribution < 1.29 is 14.6 Å². The van der Waals surface area contributed by atoms with Crippen molar-refractivity contribution in [2.75, 3.05) is 19.8 Å². The van der Waals surface area contributed by atoms with Gasteiger partial charge in [-0.2, -0.15) is 0 Å². The van der Waals surface area contributed by atoms with E-state index in [2.05, 4.69) is 26.1 Å². The molecule has 1 aliphatic heterocycles. The van der Waals surface area contributed by atoms with Crippen LogP contribution in [0.15, 0.2) is 0 Å². The highest BCUT2D eigenvalue weighted by molar-refractivity contribution is 4.93. The molecule has 2 N–H and O–H groups in total. The topological polar surface area (TPSA) is 50.7 Å². The van der Waals surface area contributed by atoms with Gasteiger partial charge in [0.05, 0.1) is 24.9 Å². The molecule has 0 amide bonds. The van der Waals surface area contributed by atoms with Gasteiger partial charge in [-0.1, -0.05) is 19.8 Å². The number of β-amino-alcohol motifs (C(OH)–C–C–N with tert-alkyl or cyclic N) is 1. The molecule has 4 heteroatoms. The summed E-state index contributed by atoms with van der Waals surface area (Å²) in [6, 6.07) is 0. The summed E-state index contributed by atoms with van der Waals surface area (Å²) in [5, 5.41) is 13.5. The Morgan fingerprint density at radius 3 is 2.85 bits per heavy atom. The Bertz CT molecular complexity index is 299. The Labute approximate surface area is 123 Å². The van der Waals surface area contributed by atoms with Crippen molar-refractivity contribution in [1.82, 2.24) is 5.32 Å². The van der Waals surface area contributed by atoms with E-state index in [0.717, 1.165) is 31.8 Å². The lowest BCUT2D eigenvalue weighted by atomic mass is 9.89. The molecule has 0 aromatic carbocycles. The van der Waals surface area contributed by atoms with E-state index < -0.39 is 6.10 Å². The minimum Gasteiger partial charge on any atom is -0.389 e. The van der Waals surface area contributed by atoms with Gasteiger partial charge in [-0.15, -0.1) is 0 Å². The van der Waals surface area contributed by atoms with E-state index in [-0.39, 0.29) is 11.6 Å². The number of aliphatic hydroxyl groups is 1. The van der Waals surface area contributed by atoms with Crippen LogP contribution in [0, 0.1) is 5.92 Å². The molecule has 5 atom stereocenters. The van der Waals surface area contributed by atoms with Crippen molar-refractivity contribution in [1.29, 1.82) is 0 Å². The van der Waals surface area contributed by atoms with Gasteiger partial charge in [-0.3, -0.25) is 0 Å². The molecule has 0 aromatic rings. The molecule has 2 aliphatic rings. The second kappa shape index (κ2) is 7.21. The number of ether oxygens (including phenoxy) is 2. The summed E-state index contributed by atoms with van der Waals surface area (Å²) in [4.78, 5) is 0. The zero-order valence-corrected chi connectivity index (χ0v) is 13.2. The highest BCUT2D eigenvalue weighted by Crippen LogP contribution is 2.26. The van der Waals surface area contributed by atoms with Crippen molar-refractivity contribution >= 4 is 0 Å². The molecule has 20 heavy (non-hydrogen) atoms. The Balaban J connectivity index is 1.64. The highest BCUT2D eigenvalue weighted by Gasteiger charge is 2.36. The minimum absolute atomic E-state index is 0.0136. The first-order chi connectivity index (χ1) is 9.49. The summed E-state index contributed by atoms with van der Waals surface area (Å²) >= 11 is 0. The van der Waals surface area contributed by atoms with Crippen LogP contribution in [-0.2, 0) is 9.47 Å². The van der Waals surface area contributed by atoms with Gasteiger partial charge < -0.3 is 19.9 Å². The molecule has 1 saturated heterocycles. The summed E-state index contributed by atoms with van der Waals surface area (Å²) in [5.41, 5.74) is -0.0136. The van der Waals surface area contributed by atoms with E-state index in [9.17, 15) is 5.11 Å². The van der Waals surface area contributed by atoms with Crippen LogP contribution in [0.3, 0.4) is 0 Å². The summed E-state index contributed by atoms with van der Waals surface area (Å²) in [6.45, 7) is 8.36. The molecule has 118 valence electrons. The predicted molar refractivity (Wildman–Crippen MR) is 79.8 cm³/mol. The number of hydrogen-bond donors (Lipinski definition) is 2. The van der Waals surface area contributed by atoms with Crippen LogP contribution < -0.4 is 5.32 Å². The van der Waals surface area contributed by atoms with E-state index in [0.29, 0.717) is 19.3 Å². The van der Waals surface area contributed by atoms with Gasteiger partial charge in [-0.25, -0.2) is 0 Å². The summed E-state index contributed by atoms with van der Waals surface area (Å²) < 4.78 is 11.5. The van der Waals surface area contributed by atoms with E-state index >= 15 is 0 Å². The first-order valence-electron chi connectivity index (χ1n) is 8.16. The molecule has 1 saturated carbocycles. The van der Waals surface area contributed by atoms with Crippen LogP contribution in [0.1, 0.15) is 52.9 Å². The molecule has 1 aliphatic carbocycles. The fourth-order valence-corrected chi connectivity index (χ4v) is 3.25. The predicted octanol–water partition coefficient (Wildman–Crippen LogP) is 2.10. The van der Waals surface area contributed by atoms with Crippen LogP contribution in [-0.4, -0.2) is 48.7 Å². The zero-order valence-electron chi connectivity index (χ0n) is 13.2. The standard InChI is InChI=1S/C16H31NO3/c1-12-5-4-6-15(9-12)20-11-14(18)10-17-16(3)7-8-19-13(16)2/h12-15,17-18H,4-11H2,1-3H3. The molecule has 4 nitrogen and oxygen atoms in total. The second-order valence-electron chi connectivity index (χ2n) is 6.94. The zero-order chi connectivity index (χ0) is 14.6. The van der Waals surface area contributed by atoms with Crippen molar-refractivity contribution in [2.24, 2.45) is 5.92 Å².